The molecule has 0 radical (unpaired) electrons. The largest absolute Gasteiger partial charge is 0.383 e. The van der Waals surface area contributed by atoms with Gasteiger partial charge in [-0.2, -0.15) is 0 Å². The molecule has 0 aliphatic carbocycles. The second kappa shape index (κ2) is 5.51. The fourth-order valence-corrected chi connectivity index (χ4v) is 1.58. The van der Waals surface area contributed by atoms with Gasteiger partial charge in [-0.1, -0.05) is 0 Å². The van der Waals surface area contributed by atoms with Gasteiger partial charge < -0.3 is 15.0 Å². The average molecular weight is 172 g/mol. The molecule has 12 heavy (non-hydrogen) atoms. The lowest BCUT2D eigenvalue weighted by Crippen LogP contribution is -2.41. The van der Waals surface area contributed by atoms with E-state index >= 15 is 0 Å². The van der Waals surface area contributed by atoms with Gasteiger partial charge in [-0.3, -0.25) is 0 Å². The van der Waals surface area contributed by atoms with Crippen molar-refractivity contribution in [2.75, 3.05) is 40.4 Å². The number of methoxy groups -OCH3 is 1. The van der Waals surface area contributed by atoms with Crippen LogP contribution in [-0.4, -0.2) is 51.3 Å². The van der Waals surface area contributed by atoms with E-state index < -0.39 is 0 Å². The highest BCUT2D eigenvalue weighted by Crippen LogP contribution is 2.07. The number of hydrogen-bond donors (Lipinski definition) is 1. The van der Waals surface area contributed by atoms with Crippen LogP contribution in [0.1, 0.15) is 12.8 Å². The molecule has 0 saturated carbocycles. The molecule has 0 spiro atoms. The number of rotatable bonds is 4. The van der Waals surface area contributed by atoms with Crippen LogP contribution in [0.15, 0.2) is 0 Å². The predicted molar refractivity (Wildman–Crippen MR) is 50.4 cm³/mol. The number of likely N-dealkylation sites (tertiary alicyclic amines) is 1. The molecule has 1 fully saturated rings. The van der Waals surface area contributed by atoms with Gasteiger partial charge in [0.2, 0.25) is 0 Å². The highest BCUT2D eigenvalue weighted by atomic mass is 16.5. The molecule has 1 heterocycles. The van der Waals surface area contributed by atoms with Gasteiger partial charge in [0.25, 0.3) is 0 Å². The minimum atomic E-state index is 0.719. The van der Waals surface area contributed by atoms with Gasteiger partial charge in [0.15, 0.2) is 0 Å². The van der Waals surface area contributed by atoms with Gasteiger partial charge >= 0.3 is 0 Å². The highest BCUT2D eigenvalue weighted by molar-refractivity contribution is 4.74. The SMILES string of the molecule is COCCNC1CCN(C)CC1. The molecule has 3 nitrogen and oxygen atoms in total. The fraction of sp³-hybridized carbons (Fsp3) is 1.00. The number of nitrogens with one attached hydrogen (secondary N) is 1. The molecule has 1 N–H and O–H groups in total. The molecule has 1 aliphatic rings. The van der Waals surface area contributed by atoms with Gasteiger partial charge in [-0.15, -0.1) is 0 Å². The van der Waals surface area contributed by atoms with Gasteiger partial charge in [0.1, 0.15) is 0 Å². The van der Waals surface area contributed by atoms with Crippen molar-refractivity contribution in [3.8, 4) is 0 Å². The zero-order valence-electron chi connectivity index (χ0n) is 8.18. The third kappa shape index (κ3) is 3.52. The van der Waals surface area contributed by atoms with Crippen LogP contribution in [0.2, 0.25) is 0 Å². The molecule has 0 unspecified atom stereocenters. The summed E-state index contributed by atoms with van der Waals surface area (Å²) in [6.07, 6.45) is 2.56. The minimum Gasteiger partial charge on any atom is -0.383 e. The zero-order valence-corrected chi connectivity index (χ0v) is 8.18. The van der Waals surface area contributed by atoms with Gasteiger partial charge in [-0.05, 0) is 33.0 Å². The van der Waals surface area contributed by atoms with Crippen LogP contribution in [0.3, 0.4) is 0 Å². The average Bonchev–Trinajstić information content (AvgIpc) is 2.09. The third-order valence-electron chi connectivity index (χ3n) is 2.46. The van der Waals surface area contributed by atoms with Crippen molar-refractivity contribution in [1.29, 1.82) is 0 Å². The molecule has 1 rings (SSSR count). The van der Waals surface area contributed by atoms with Crippen molar-refractivity contribution in [3.63, 3.8) is 0 Å². The molecule has 0 aromatic heterocycles. The molecule has 0 aromatic carbocycles. The van der Waals surface area contributed by atoms with E-state index in [4.69, 9.17) is 4.74 Å². The Morgan fingerprint density at radius 1 is 1.42 bits per heavy atom. The van der Waals surface area contributed by atoms with Crippen LogP contribution in [0.25, 0.3) is 0 Å². The predicted octanol–water partition coefficient (Wildman–Crippen LogP) is 0.317. The lowest BCUT2D eigenvalue weighted by Gasteiger charge is -2.29. The molecular weight excluding hydrogens is 152 g/mol. The van der Waals surface area contributed by atoms with E-state index in [0.29, 0.717) is 0 Å². The lowest BCUT2D eigenvalue weighted by molar-refractivity contribution is 0.182. The quantitative estimate of drug-likeness (QED) is 0.618. The summed E-state index contributed by atoms with van der Waals surface area (Å²) in [6, 6.07) is 0.719. The van der Waals surface area contributed by atoms with Crippen molar-refractivity contribution in [2.24, 2.45) is 0 Å². The highest BCUT2D eigenvalue weighted by Gasteiger charge is 2.14. The second-order valence-electron chi connectivity index (χ2n) is 3.52. The summed E-state index contributed by atoms with van der Waals surface area (Å²) < 4.78 is 4.98. The van der Waals surface area contributed by atoms with E-state index in [1.165, 1.54) is 25.9 Å². The molecule has 1 aliphatic heterocycles. The Morgan fingerprint density at radius 3 is 2.67 bits per heavy atom. The summed E-state index contributed by atoms with van der Waals surface area (Å²) in [5.74, 6) is 0. The zero-order chi connectivity index (χ0) is 8.81. The van der Waals surface area contributed by atoms with Crippen molar-refractivity contribution in [1.82, 2.24) is 10.2 Å². The van der Waals surface area contributed by atoms with Crippen LogP contribution in [0.5, 0.6) is 0 Å². The standard InChI is InChI=1S/C9H20N2O/c1-11-6-3-9(4-7-11)10-5-8-12-2/h9-10H,3-8H2,1-2H3. The fourth-order valence-electron chi connectivity index (χ4n) is 1.58. The molecule has 1 saturated heterocycles. The van der Waals surface area contributed by atoms with Gasteiger partial charge in [0, 0.05) is 19.7 Å². The Balaban J connectivity index is 2.01. The number of nitrogens with zero attached hydrogens (tertiary/aromatic N) is 1. The maximum absolute atomic E-state index is 4.98. The van der Waals surface area contributed by atoms with Gasteiger partial charge in [-0.25, -0.2) is 0 Å². The number of piperidine rings is 1. The Hall–Kier alpha value is -0.120. The summed E-state index contributed by atoms with van der Waals surface area (Å²) in [6.45, 7) is 4.27. The Labute approximate surface area is 75.1 Å². The maximum Gasteiger partial charge on any atom is 0.0587 e. The Bertz CT molecular complexity index is 111. The van der Waals surface area contributed by atoms with Crippen molar-refractivity contribution in [2.45, 2.75) is 18.9 Å². The summed E-state index contributed by atoms with van der Waals surface area (Å²) in [4.78, 5) is 2.38. The van der Waals surface area contributed by atoms with Crippen LogP contribution in [0.4, 0.5) is 0 Å². The van der Waals surface area contributed by atoms with Gasteiger partial charge in [0.05, 0.1) is 6.61 Å². The summed E-state index contributed by atoms with van der Waals surface area (Å²) in [7, 11) is 3.93. The van der Waals surface area contributed by atoms with E-state index in [1.807, 2.05) is 0 Å². The maximum atomic E-state index is 4.98. The van der Waals surface area contributed by atoms with Crippen LogP contribution in [0, 0.1) is 0 Å². The van der Waals surface area contributed by atoms with Crippen molar-refractivity contribution in [3.05, 3.63) is 0 Å². The molecule has 0 amide bonds. The summed E-state index contributed by atoms with van der Waals surface area (Å²) >= 11 is 0. The van der Waals surface area contributed by atoms with Crippen molar-refractivity contribution < 1.29 is 4.74 Å². The monoisotopic (exact) mass is 172 g/mol. The van der Waals surface area contributed by atoms with E-state index in [-0.39, 0.29) is 0 Å². The molecule has 0 bridgehead atoms. The van der Waals surface area contributed by atoms with Crippen LogP contribution < -0.4 is 5.32 Å². The first-order valence-corrected chi connectivity index (χ1v) is 4.74. The molecule has 0 atom stereocenters. The smallest absolute Gasteiger partial charge is 0.0587 e. The van der Waals surface area contributed by atoms with E-state index in [9.17, 15) is 0 Å². The Morgan fingerprint density at radius 2 is 2.08 bits per heavy atom. The first kappa shape index (κ1) is 9.96. The third-order valence-corrected chi connectivity index (χ3v) is 2.46. The topological polar surface area (TPSA) is 24.5 Å². The number of ether oxygens (including phenoxy) is 1. The minimum absolute atomic E-state index is 0.719. The van der Waals surface area contributed by atoms with Crippen molar-refractivity contribution >= 4 is 0 Å². The number of hydrogen-bond acceptors (Lipinski definition) is 3. The Kier molecular flexibility index (Phi) is 4.58. The summed E-state index contributed by atoms with van der Waals surface area (Å²) in [5.41, 5.74) is 0. The van der Waals surface area contributed by atoms with Crippen LogP contribution >= 0.6 is 0 Å². The second-order valence-corrected chi connectivity index (χ2v) is 3.52. The first-order valence-electron chi connectivity index (χ1n) is 4.74. The van der Waals surface area contributed by atoms with E-state index in [0.717, 1.165) is 19.2 Å². The van der Waals surface area contributed by atoms with Crippen LogP contribution in [-0.2, 0) is 4.74 Å². The van der Waals surface area contributed by atoms with E-state index in [1.54, 1.807) is 7.11 Å². The van der Waals surface area contributed by atoms with E-state index in [2.05, 4.69) is 17.3 Å². The molecular formula is C9H20N2O. The molecule has 72 valence electrons. The normalized spacial score (nSPS) is 21.5. The summed E-state index contributed by atoms with van der Waals surface area (Å²) in [5, 5.41) is 3.49. The lowest BCUT2D eigenvalue weighted by atomic mass is 10.1. The first-order chi connectivity index (χ1) is 5.83. The molecule has 0 aromatic rings. The molecule has 3 heteroatoms.